The summed E-state index contributed by atoms with van der Waals surface area (Å²) in [5, 5.41) is 12.4. The zero-order chi connectivity index (χ0) is 17.5. The largest absolute Gasteiger partial charge is 0.480 e. The Labute approximate surface area is 142 Å². The summed E-state index contributed by atoms with van der Waals surface area (Å²) < 4.78 is 18.2. The molecule has 0 saturated carbocycles. The van der Waals surface area contributed by atoms with Gasteiger partial charge in [0.1, 0.15) is 11.9 Å². The molecule has 2 atom stereocenters. The number of aryl methyl sites for hydroxylation is 1. The Morgan fingerprint density at radius 3 is 2.48 bits per heavy atom. The van der Waals surface area contributed by atoms with Gasteiger partial charge in [0.25, 0.3) is 0 Å². The average Bonchev–Trinajstić information content (AvgIpc) is 2.48. The van der Waals surface area contributed by atoms with Crippen LogP contribution in [0, 0.1) is 5.92 Å². The minimum atomic E-state index is -3.02. The first kappa shape index (κ1) is 20.2. The van der Waals surface area contributed by atoms with Crippen LogP contribution in [-0.2, 0) is 20.5 Å². The van der Waals surface area contributed by atoms with E-state index in [0.29, 0.717) is 5.75 Å². The first-order valence-corrected chi connectivity index (χ1v) is 11.0. The van der Waals surface area contributed by atoms with Crippen molar-refractivity contribution < 1.29 is 19.2 Å². The summed E-state index contributed by atoms with van der Waals surface area (Å²) in [5.41, 5.74) is -0.0952. The van der Waals surface area contributed by atoms with Gasteiger partial charge in [-0.1, -0.05) is 55.6 Å². The topological polar surface area (TPSA) is 75.6 Å². The normalized spacial score (nSPS) is 16.7. The number of methoxy groups -OCH3 is 1. The summed E-state index contributed by atoms with van der Waals surface area (Å²) in [5.74, 6) is -0.585. The van der Waals surface area contributed by atoms with Crippen molar-refractivity contribution in [1.29, 1.82) is 0 Å². The Hall–Kier alpha value is -0.810. The quantitative estimate of drug-likeness (QED) is 0.618. The standard InChI is InChI=1S/C16H26NO4PS/c1-13(2)16(3,15(18)19)17-22(20,12-21-4)23-11-10-14-8-6-5-7-9-14/h5-9,13H,10-12H2,1-4H3,(H,17,20)(H,18,19)/t16-,22?/m0/s1. The van der Waals surface area contributed by atoms with Gasteiger partial charge in [-0.15, -0.1) is 0 Å². The third kappa shape index (κ3) is 5.96. The average molecular weight is 359 g/mol. The molecule has 0 fully saturated rings. The lowest BCUT2D eigenvalue weighted by atomic mass is 9.90. The number of hydrogen-bond acceptors (Lipinski definition) is 4. The SMILES string of the molecule is COCP(=O)(N[C@](C)(C(=O)O)C(C)C)SCCc1ccccc1. The van der Waals surface area contributed by atoms with Crippen molar-refractivity contribution in [3.8, 4) is 0 Å². The van der Waals surface area contributed by atoms with Crippen LogP contribution in [0.2, 0.25) is 0 Å². The fourth-order valence-corrected chi connectivity index (χ4v) is 6.69. The van der Waals surface area contributed by atoms with Crippen LogP contribution < -0.4 is 5.09 Å². The molecule has 5 nitrogen and oxygen atoms in total. The van der Waals surface area contributed by atoms with Crippen molar-refractivity contribution in [2.24, 2.45) is 5.92 Å². The molecule has 7 heteroatoms. The molecule has 0 spiro atoms. The zero-order valence-corrected chi connectivity index (χ0v) is 15.8. The van der Waals surface area contributed by atoms with E-state index in [1.165, 1.54) is 18.5 Å². The third-order valence-electron chi connectivity index (χ3n) is 3.83. The molecule has 0 heterocycles. The highest BCUT2D eigenvalue weighted by Gasteiger charge is 2.42. The van der Waals surface area contributed by atoms with Crippen LogP contribution in [0.4, 0.5) is 0 Å². The Bertz CT molecular complexity index is 552. The highest BCUT2D eigenvalue weighted by molar-refractivity contribution is 8.57. The number of nitrogens with one attached hydrogen (secondary N) is 1. The minimum Gasteiger partial charge on any atom is -0.480 e. The summed E-state index contributed by atoms with van der Waals surface area (Å²) in [6.07, 6.45) is 0.772. The molecule has 0 aliphatic carbocycles. The van der Waals surface area contributed by atoms with Gasteiger partial charge in [-0.25, -0.2) is 5.09 Å². The maximum atomic E-state index is 13.1. The van der Waals surface area contributed by atoms with E-state index < -0.39 is 18.0 Å². The van der Waals surface area contributed by atoms with Gasteiger partial charge in [-0.2, -0.15) is 0 Å². The number of rotatable bonds is 10. The van der Waals surface area contributed by atoms with E-state index >= 15 is 0 Å². The maximum Gasteiger partial charge on any atom is 0.324 e. The second-order valence-corrected chi connectivity index (χ2v) is 11.0. The van der Waals surface area contributed by atoms with E-state index in [2.05, 4.69) is 5.09 Å². The Balaban J connectivity index is 2.77. The van der Waals surface area contributed by atoms with Crippen LogP contribution in [-0.4, -0.2) is 35.8 Å². The summed E-state index contributed by atoms with van der Waals surface area (Å²) >= 11 is 1.26. The molecule has 0 amide bonds. The first-order valence-electron chi connectivity index (χ1n) is 7.53. The molecule has 1 aromatic rings. The predicted octanol–water partition coefficient (Wildman–Crippen LogP) is 3.85. The smallest absolute Gasteiger partial charge is 0.324 e. The van der Waals surface area contributed by atoms with Gasteiger partial charge in [0.05, 0.1) is 0 Å². The predicted molar refractivity (Wildman–Crippen MR) is 96.1 cm³/mol. The number of carboxylic acid groups (broad SMARTS) is 1. The van der Waals surface area contributed by atoms with Crippen LogP contribution in [0.15, 0.2) is 30.3 Å². The third-order valence-corrected chi connectivity index (χ3v) is 8.43. The van der Waals surface area contributed by atoms with Crippen molar-refractivity contribution >= 4 is 23.8 Å². The molecule has 1 unspecified atom stereocenters. The summed E-state index contributed by atoms with van der Waals surface area (Å²) in [4.78, 5) is 11.6. The molecular weight excluding hydrogens is 333 g/mol. The lowest BCUT2D eigenvalue weighted by molar-refractivity contribution is -0.145. The van der Waals surface area contributed by atoms with Gasteiger partial charge in [0.15, 0.2) is 0 Å². The molecular formula is C16H26NO4PS. The molecule has 0 saturated heterocycles. The number of benzene rings is 1. The molecule has 130 valence electrons. The Kier molecular flexibility index (Phi) is 7.81. The van der Waals surface area contributed by atoms with Crippen molar-refractivity contribution in [3.05, 3.63) is 35.9 Å². The van der Waals surface area contributed by atoms with E-state index in [9.17, 15) is 14.5 Å². The molecule has 0 aliphatic rings. The van der Waals surface area contributed by atoms with Crippen molar-refractivity contribution in [1.82, 2.24) is 5.09 Å². The van der Waals surface area contributed by atoms with E-state index in [1.54, 1.807) is 20.8 Å². The molecule has 2 N–H and O–H groups in total. The summed E-state index contributed by atoms with van der Waals surface area (Å²) in [6, 6.07) is 9.92. The van der Waals surface area contributed by atoms with Crippen LogP contribution >= 0.6 is 17.9 Å². The van der Waals surface area contributed by atoms with E-state index in [4.69, 9.17) is 4.74 Å². The summed E-state index contributed by atoms with van der Waals surface area (Å²) in [6.45, 7) is 2.14. The van der Waals surface area contributed by atoms with Crippen LogP contribution in [0.3, 0.4) is 0 Å². The van der Waals surface area contributed by atoms with E-state index in [1.807, 2.05) is 30.3 Å². The minimum absolute atomic E-state index is 0.00203. The number of carboxylic acids is 1. The molecule has 0 aliphatic heterocycles. The first-order chi connectivity index (χ1) is 10.7. The second-order valence-electron chi connectivity index (χ2n) is 5.93. The summed E-state index contributed by atoms with van der Waals surface area (Å²) in [7, 11) is 1.47. The Morgan fingerprint density at radius 2 is 2.00 bits per heavy atom. The molecule has 1 rings (SSSR count). The Morgan fingerprint density at radius 1 is 1.39 bits per heavy atom. The van der Waals surface area contributed by atoms with Crippen LogP contribution in [0.1, 0.15) is 26.3 Å². The number of aliphatic carboxylic acids is 1. The van der Waals surface area contributed by atoms with Gasteiger partial charge in [-0.05, 0) is 24.8 Å². The van der Waals surface area contributed by atoms with Crippen LogP contribution in [0.5, 0.6) is 0 Å². The number of hydrogen-bond donors (Lipinski definition) is 2. The van der Waals surface area contributed by atoms with Gasteiger partial charge in [0, 0.05) is 12.9 Å². The lowest BCUT2D eigenvalue weighted by Crippen LogP contribution is -2.52. The van der Waals surface area contributed by atoms with Gasteiger partial charge < -0.3 is 9.84 Å². The fraction of sp³-hybridized carbons (Fsp3) is 0.562. The van der Waals surface area contributed by atoms with Crippen LogP contribution in [0.25, 0.3) is 0 Å². The molecule has 23 heavy (non-hydrogen) atoms. The van der Waals surface area contributed by atoms with Crippen molar-refractivity contribution in [3.63, 3.8) is 0 Å². The van der Waals surface area contributed by atoms with E-state index in [-0.39, 0.29) is 12.3 Å². The molecule has 0 radical (unpaired) electrons. The monoisotopic (exact) mass is 359 g/mol. The second kappa shape index (κ2) is 8.88. The number of ether oxygens (including phenoxy) is 1. The highest BCUT2D eigenvalue weighted by Crippen LogP contribution is 2.56. The van der Waals surface area contributed by atoms with Gasteiger partial charge in [-0.3, -0.25) is 9.36 Å². The van der Waals surface area contributed by atoms with Crippen molar-refractivity contribution in [2.75, 3.05) is 19.2 Å². The number of carbonyl (C=O) groups is 1. The molecule has 1 aromatic carbocycles. The fourth-order valence-electron chi connectivity index (χ4n) is 2.01. The molecule has 0 bridgehead atoms. The lowest BCUT2D eigenvalue weighted by Gasteiger charge is -2.34. The highest BCUT2D eigenvalue weighted by atomic mass is 32.7. The van der Waals surface area contributed by atoms with Crippen molar-refractivity contribution in [2.45, 2.75) is 32.7 Å². The molecule has 0 aromatic heterocycles. The maximum absolute atomic E-state index is 13.1. The van der Waals surface area contributed by atoms with Gasteiger partial charge >= 0.3 is 5.97 Å². The zero-order valence-electron chi connectivity index (χ0n) is 14.1. The van der Waals surface area contributed by atoms with E-state index in [0.717, 1.165) is 12.0 Å². The van der Waals surface area contributed by atoms with Gasteiger partial charge in [0.2, 0.25) is 6.49 Å².